The van der Waals surface area contributed by atoms with E-state index in [4.69, 9.17) is 23.2 Å². The van der Waals surface area contributed by atoms with Crippen LogP contribution in [0.15, 0.2) is 18.2 Å². The summed E-state index contributed by atoms with van der Waals surface area (Å²) in [7, 11) is 0. The van der Waals surface area contributed by atoms with Crippen LogP contribution in [0.1, 0.15) is 23.2 Å². The Bertz CT molecular complexity index is 562. The van der Waals surface area contributed by atoms with Gasteiger partial charge in [-0.1, -0.05) is 29.3 Å². The van der Waals surface area contributed by atoms with Crippen molar-refractivity contribution >= 4 is 29.1 Å². The Morgan fingerprint density at radius 2 is 1.86 bits per heavy atom. The SMILES string of the molecule is O=C(NC1[C@@H]2CC3C[C@H]1CN(C3)C2)c1cccc(Cl)c1Cl. The topological polar surface area (TPSA) is 32.3 Å². The molecule has 3 heterocycles. The third-order valence-corrected chi connectivity index (χ3v) is 6.10. The molecule has 4 fully saturated rings. The molecule has 3 aliphatic heterocycles. The van der Waals surface area contributed by atoms with Crippen LogP contribution in [0.3, 0.4) is 0 Å². The van der Waals surface area contributed by atoms with Gasteiger partial charge in [-0.3, -0.25) is 4.79 Å². The lowest BCUT2D eigenvalue weighted by Crippen LogP contribution is -2.64. The van der Waals surface area contributed by atoms with Gasteiger partial charge in [-0.05, 0) is 42.7 Å². The van der Waals surface area contributed by atoms with E-state index in [1.54, 1.807) is 18.2 Å². The summed E-state index contributed by atoms with van der Waals surface area (Å²) in [6.45, 7) is 3.51. The number of rotatable bonds is 2. The minimum atomic E-state index is -0.0880. The van der Waals surface area contributed by atoms with Crippen molar-refractivity contribution in [2.45, 2.75) is 18.9 Å². The van der Waals surface area contributed by atoms with Gasteiger partial charge in [0.2, 0.25) is 0 Å². The van der Waals surface area contributed by atoms with Crippen LogP contribution in [0.4, 0.5) is 0 Å². The first-order valence-electron chi connectivity index (χ1n) is 7.59. The summed E-state index contributed by atoms with van der Waals surface area (Å²) in [6.07, 6.45) is 2.50. The molecule has 0 spiro atoms. The number of amides is 1. The van der Waals surface area contributed by atoms with Gasteiger partial charge in [0.05, 0.1) is 15.6 Å². The maximum absolute atomic E-state index is 12.5. The van der Waals surface area contributed by atoms with Crippen molar-refractivity contribution < 1.29 is 4.79 Å². The molecule has 5 heteroatoms. The molecule has 0 radical (unpaired) electrons. The number of hydrogen-bond acceptors (Lipinski definition) is 2. The third-order valence-electron chi connectivity index (χ3n) is 5.28. The van der Waals surface area contributed by atoms with Gasteiger partial charge < -0.3 is 10.2 Å². The van der Waals surface area contributed by atoms with Crippen molar-refractivity contribution in [3.63, 3.8) is 0 Å². The molecule has 5 rings (SSSR count). The van der Waals surface area contributed by atoms with Crippen molar-refractivity contribution in [2.75, 3.05) is 19.6 Å². The highest BCUT2D eigenvalue weighted by Crippen LogP contribution is 2.43. The lowest BCUT2D eigenvalue weighted by molar-refractivity contribution is -0.0418. The zero-order chi connectivity index (χ0) is 14.6. The molecule has 4 bridgehead atoms. The van der Waals surface area contributed by atoms with E-state index in [1.807, 2.05) is 0 Å². The lowest BCUT2D eigenvalue weighted by atomic mass is 9.65. The minimum Gasteiger partial charge on any atom is -0.349 e. The number of carbonyl (C=O) groups is 1. The fourth-order valence-corrected chi connectivity index (χ4v) is 4.94. The molecule has 5 atom stereocenters. The van der Waals surface area contributed by atoms with Crippen molar-refractivity contribution in [2.24, 2.45) is 17.8 Å². The summed E-state index contributed by atoms with van der Waals surface area (Å²) >= 11 is 12.2. The van der Waals surface area contributed by atoms with Gasteiger partial charge in [0.15, 0.2) is 0 Å². The highest BCUT2D eigenvalue weighted by atomic mass is 35.5. The molecule has 1 N–H and O–H groups in total. The first-order chi connectivity index (χ1) is 10.1. The summed E-state index contributed by atoms with van der Waals surface area (Å²) in [5, 5.41) is 4.02. The molecule has 21 heavy (non-hydrogen) atoms. The Hall–Kier alpha value is -0.770. The van der Waals surface area contributed by atoms with Gasteiger partial charge in [-0.15, -0.1) is 0 Å². The van der Waals surface area contributed by atoms with Crippen molar-refractivity contribution in [1.29, 1.82) is 0 Å². The summed E-state index contributed by atoms with van der Waals surface area (Å²) < 4.78 is 0. The maximum Gasteiger partial charge on any atom is 0.253 e. The average molecular weight is 325 g/mol. The summed E-state index contributed by atoms with van der Waals surface area (Å²) in [6, 6.07) is 5.51. The molecular weight excluding hydrogens is 307 g/mol. The summed E-state index contributed by atoms with van der Waals surface area (Å²) in [5.41, 5.74) is 0.485. The highest BCUT2D eigenvalue weighted by molar-refractivity contribution is 6.43. The fraction of sp³-hybridized carbons (Fsp3) is 0.562. The van der Waals surface area contributed by atoms with Crippen LogP contribution in [0.25, 0.3) is 0 Å². The second-order valence-corrected chi connectivity index (χ2v) is 7.46. The van der Waals surface area contributed by atoms with E-state index < -0.39 is 0 Å². The first-order valence-corrected chi connectivity index (χ1v) is 8.34. The van der Waals surface area contributed by atoms with E-state index in [-0.39, 0.29) is 5.91 Å². The van der Waals surface area contributed by atoms with Crippen LogP contribution in [-0.4, -0.2) is 36.5 Å². The van der Waals surface area contributed by atoms with Crippen LogP contribution in [0, 0.1) is 17.8 Å². The Morgan fingerprint density at radius 1 is 1.14 bits per heavy atom. The second kappa shape index (κ2) is 5.15. The van der Waals surface area contributed by atoms with E-state index >= 15 is 0 Å². The number of hydrogen-bond donors (Lipinski definition) is 1. The van der Waals surface area contributed by atoms with Gasteiger partial charge >= 0.3 is 0 Å². The third kappa shape index (κ3) is 2.36. The molecule has 112 valence electrons. The molecule has 0 aromatic heterocycles. The monoisotopic (exact) mass is 324 g/mol. The van der Waals surface area contributed by atoms with Crippen LogP contribution in [0.5, 0.6) is 0 Å². The Labute approximate surface area is 134 Å². The number of carbonyl (C=O) groups excluding carboxylic acids is 1. The Balaban J connectivity index is 1.53. The molecule has 1 saturated carbocycles. The van der Waals surface area contributed by atoms with Gasteiger partial charge in [0, 0.05) is 25.7 Å². The molecule has 4 aliphatic rings. The molecular formula is C16H18Cl2N2O. The second-order valence-electron chi connectivity index (χ2n) is 6.68. The van der Waals surface area contributed by atoms with Gasteiger partial charge in [-0.2, -0.15) is 0 Å². The van der Waals surface area contributed by atoms with Crippen molar-refractivity contribution in [3.05, 3.63) is 33.8 Å². The van der Waals surface area contributed by atoms with Crippen LogP contribution in [0.2, 0.25) is 10.0 Å². The number of piperidine rings is 3. The normalized spacial score (nSPS) is 36.8. The van der Waals surface area contributed by atoms with Crippen molar-refractivity contribution in [1.82, 2.24) is 10.2 Å². The minimum absolute atomic E-state index is 0.0880. The Kier molecular flexibility index (Phi) is 3.40. The van der Waals surface area contributed by atoms with E-state index in [0.717, 1.165) is 19.0 Å². The molecule has 3 saturated heterocycles. The van der Waals surface area contributed by atoms with Gasteiger partial charge in [0.1, 0.15) is 0 Å². The lowest BCUT2D eigenvalue weighted by Gasteiger charge is -2.55. The first kappa shape index (κ1) is 13.9. The molecule has 3 nitrogen and oxygen atoms in total. The molecule has 1 aromatic carbocycles. The molecule has 1 aromatic rings. The largest absolute Gasteiger partial charge is 0.349 e. The van der Waals surface area contributed by atoms with E-state index in [1.165, 1.54) is 19.4 Å². The Morgan fingerprint density at radius 3 is 2.52 bits per heavy atom. The van der Waals surface area contributed by atoms with Crippen molar-refractivity contribution in [3.8, 4) is 0 Å². The highest BCUT2D eigenvalue weighted by Gasteiger charge is 2.47. The predicted molar refractivity (Wildman–Crippen MR) is 83.9 cm³/mol. The quantitative estimate of drug-likeness (QED) is 0.906. The molecule has 1 amide bonds. The van der Waals surface area contributed by atoms with E-state index in [2.05, 4.69) is 10.2 Å². The summed E-state index contributed by atoms with van der Waals surface area (Å²) in [4.78, 5) is 15.1. The fourth-order valence-electron chi connectivity index (χ4n) is 4.55. The number of nitrogens with one attached hydrogen (secondary N) is 1. The van der Waals surface area contributed by atoms with Gasteiger partial charge in [-0.25, -0.2) is 0 Å². The average Bonchev–Trinajstić information content (AvgIpc) is 2.45. The van der Waals surface area contributed by atoms with E-state index in [9.17, 15) is 4.79 Å². The van der Waals surface area contributed by atoms with E-state index in [0.29, 0.717) is 33.5 Å². The van der Waals surface area contributed by atoms with Gasteiger partial charge in [0.25, 0.3) is 5.91 Å². The predicted octanol–water partition coefficient (Wildman–Crippen LogP) is 3.06. The maximum atomic E-state index is 12.5. The zero-order valence-electron chi connectivity index (χ0n) is 11.7. The number of benzene rings is 1. The number of halogens is 2. The summed E-state index contributed by atoms with van der Waals surface area (Å²) in [5.74, 6) is 1.94. The number of nitrogens with zero attached hydrogens (tertiary/aromatic N) is 1. The smallest absolute Gasteiger partial charge is 0.253 e. The van der Waals surface area contributed by atoms with Crippen LogP contribution >= 0.6 is 23.2 Å². The molecule has 1 aliphatic carbocycles. The molecule has 3 unspecified atom stereocenters. The zero-order valence-corrected chi connectivity index (χ0v) is 13.2. The van der Waals surface area contributed by atoms with Crippen LogP contribution < -0.4 is 5.32 Å². The standard InChI is InChI=1S/C16H18Cl2N2O/c17-13-3-1-2-12(14(13)18)16(21)19-15-10-4-9-5-11(15)8-20(6-9)7-10/h1-3,9-11,15H,4-8H2,(H,19,21)/t9?,10-,11+,15?. The van der Waals surface area contributed by atoms with Crippen LogP contribution in [-0.2, 0) is 0 Å².